The van der Waals surface area contributed by atoms with Crippen molar-refractivity contribution in [2.24, 2.45) is 0 Å². The molecule has 2 aromatic rings. The fourth-order valence-electron chi connectivity index (χ4n) is 2.18. The number of hydrogen-bond acceptors (Lipinski definition) is 2. The number of benzene rings is 1. The van der Waals surface area contributed by atoms with Crippen molar-refractivity contribution in [3.63, 3.8) is 0 Å². The molecule has 1 unspecified atom stereocenters. The summed E-state index contributed by atoms with van der Waals surface area (Å²) in [6, 6.07) is 9.46. The standard InChI is InChI=1S/C14H18FNO/c1-3-16(4-2)12(10-15)14-9-11-7-5-6-8-13(11)17-14/h5-9,12H,3-4,10H2,1-2H3. The molecular weight excluding hydrogens is 217 g/mol. The Kier molecular flexibility index (Phi) is 3.79. The lowest BCUT2D eigenvalue weighted by Gasteiger charge is -2.25. The first kappa shape index (κ1) is 12.1. The monoisotopic (exact) mass is 235 g/mol. The minimum Gasteiger partial charge on any atom is -0.459 e. The number of furan rings is 1. The largest absolute Gasteiger partial charge is 0.459 e. The van der Waals surface area contributed by atoms with Crippen LogP contribution >= 0.6 is 0 Å². The maximum absolute atomic E-state index is 13.2. The topological polar surface area (TPSA) is 16.4 Å². The van der Waals surface area contributed by atoms with Gasteiger partial charge in [-0.15, -0.1) is 0 Å². The van der Waals surface area contributed by atoms with Crippen LogP contribution in [0.2, 0.25) is 0 Å². The fraction of sp³-hybridized carbons (Fsp3) is 0.429. The van der Waals surface area contributed by atoms with Gasteiger partial charge in [0.15, 0.2) is 0 Å². The van der Waals surface area contributed by atoms with Gasteiger partial charge in [-0.05, 0) is 25.2 Å². The first-order valence-corrected chi connectivity index (χ1v) is 6.08. The average molecular weight is 235 g/mol. The van der Waals surface area contributed by atoms with E-state index < -0.39 is 6.67 Å². The number of rotatable bonds is 5. The highest BCUT2D eigenvalue weighted by atomic mass is 19.1. The van der Waals surface area contributed by atoms with Crippen LogP contribution in [0, 0.1) is 0 Å². The van der Waals surface area contributed by atoms with Crippen LogP contribution in [0.25, 0.3) is 11.0 Å². The van der Waals surface area contributed by atoms with Gasteiger partial charge in [0.25, 0.3) is 0 Å². The summed E-state index contributed by atoms with van der Waals surface area (Å²) < 4.78 is 18.9. The number of para-hydroxylation sites is 1. The summed E-state index contributed by atoms with van der Waals surface area (Å²) in [6.07, 6.45) is 0. The summed E-state index contributed by atoms with van der Waals surface area (Å²) >= 11 is 0. The predicted molar refractivity (Wildman–Crippen MR) is 67.9 cm³/mol. The first-order valence-electron chi connectivity index (χ1n) is 6.08. The molecular formula is C14H18FNO. The summed E-state index contributed by atoms with van der Waals surface area (Å²) in [5.74, 6) is 0.720. The molecule has 1 heterocycles. The number of halogens is 1. The second-order valence-electron chi connectivity index (χ2n) is 4.08. The molecule has 0 aliphatic carbocycles. The lowest BCUT2D eigenvalue weighted by atomic mass is 10.2. The van der Waals surface area contributed by atoms with Crippen molar-refractivity contribution in [2.45, 2.75) is 19.9 Å². The molecule has 0 aliphatic rings. The zero-order chi connectivity index (χ0) is 12.3. The van der Waals surface area contributed by atoms with Crippen molar-refractivity contribution in [2.75, 3.05) is 19.8 Å². The molecule has 17 heavy (non-hydrogen) atoms. The van der Waals surface area contributed by atoms with Gasteiger partial charge in [-0.25, -0.2) is 4.39 Å². The molecule has 0 spiro atoms. The third-order valence-corrected chi connectivity index (χ3v) is 3.17. The van der Waals surface area contributed by atoms with Gasteiger partial charge in [-0.2, -0.15) is 0 Å². The van der Waals surface area contributed by atoms with Crippen LogP contribution in [-0.2, 0) is 0 Å². The number of alkyl halides is 1. The summed E-state index contributed by atoms with van der Waals surface area (Å²) in [4.78, 5) is 2.07. The van der Waals surface area contributed by atoms with Gasteiger partial charge >= 0.3 is 0 Å². The number of nitrogens with zero attached hydrogens (tertiary/aromatic N) is 1. The average Bonchev–Trinajstić information content (AvgIpc) is 2.78. The fourth-order valence-corrected chi connectivity index (χ4v) is 2.18. The Labute approximate surface area is 101 Å². The molecule has 0 radical (unpaired) electrons. The molecule has 0 bridgehead atoms. The second-order valence-corrected chi connectivity index (χ2v) is 4.08. The van der Waals surface area contributed by atoms with Crippen LogP contribution in [-0.4, -0.2) is 24.7 Å². The van der Waals surface area contributed by atoms with Crippen LogP contribution in [0.5, 0.6) is 0 Å². The first-order chi connectivity index (χ1) is 8.30. The molecule has 0 fully saturated rings. The molecule has 2 nitrogen and oxygen atoms in total. The maximum Gasteiger partial charge on any atom is 0.134 e. The summed E-state index contributed by atoms with van der Waals surface area (Å²) in [6.45, 7) is 5.30. The Balaban J connectivity index is 2.36. The molecule has 1 aromatic carbocycles. The zero-order valence-electron chi connectivity index (χ0n) is 10.3. The van der Waals surface area contributed by atoms with E-state index in [0.717, 1.165) is 29.8 Å². The smallest absolute Gasteiger partial charge is 0.134 e. The van der Waals surface area contributed by atoms with E-state index in [9.17, 15) is 4.39 Å². The van der Waals surface area contributed by atoms with E-state index >= 15 is 0 Å². The number of fused-ring (bicyclic) bond motifs is 1. The van der Waals surface area contributed by atoms with Gasteiger partial charge in [-0.3, -0.25) is 4.90 Å². The van der Waals surface area contributed by atoms with Crippen LogP contribution in [0.4, 0.5) is 4.39 Å². The Morgan fingerprint density at radius 3 is 2.53 bits per heavy atom. The molecule has 0 saturated heterocycles. The third kappa shape index (κ3) is 2.34. The van der Waals surface area contributed by atoms with E-state index in [0.29, 0.717) is 0 Å². The van der Waals surface area contributed by atoms with E-state index in [2.05, 4.69) is 4.90 Å². The molecule has 1 atom stereocenters. The second kappa shape index (κ2) is 5.32. The molecule has 1 aromatic heterocycles. The molecule has 0 amide bonds. The summed E-state index contributed by atoms with van der Waals surface area (Å²) in [5.41, 5.74) is 0.827. The third-order valence-electron chi connectivity index (χ3n) is 3.17. The van der Waals surface area contributed by atoms with E-state index in [4.69, 9.17) is 4.42 Å². The molecule has 3 heteroatoms. The van der Waals surface area contributed by atoms with Crippen molar-refractivity contribution < 1.29 is 8.81 Å². The predicted octanol–water partition coefficient (Wildman–Crippen LogP) is 3.79. The lowest BCUT2D eigenvalue weighted by Crippen LogP contribution is -2.29. The van der Waals surface area contributed by atoms with Crippen LogP contribution < -0.4 is 0 Å². The van der Waals surface area contributed by atoms with Gasteiger partial charge in [0.1, 0.15) is 18.0 Å². The minimum absolute atomic E-state index is 0.266. The molecule has 92 valence electrons. The van der Waals surface area contributed by atoms with Gasteiger partial charge in [0.2, 0.25) is 0 Å². The van der Waals surface area contributed by atoms with Crippen LogP contribution in [0.15, 0.2) is 34.7 Å². The minimum atomic E-state index is -0.415. The summed E-state index contributed by atoms with van der Waals surface area (Å²) in [7, 11) is 0. The van der Waals surface area contributed by atoms with E-state index in [1.54, 1.807) is 0 Å². The van der Waals surface area contributed by atoms with E-state index in [-0.39, 0.29) is 6.04 Å². The lowest BCUT2D eigenvalue weighted by molar-refractivity contribution is 0.162. The molecule has 0 aliphatic heterocycles. The highest BCUT2D eigenvalue weighted by Gasteiger charge is 2.21. The quantitative estimate of drug-likeness (QED) is 0.784. The van der Waals surface area contributed by atoms with E-state index in [1.165, 1.54) is 0 Å². The van der Waals surface area contributed by atoms with Crippen molar-refractivity contribution in [3.8, 4) is 0 Å². The van der Waals surface area contributed by atoms with Crippen molar-refractivity contribution in [1.82, 2.24) is 4.90 Å². The van der Waals surface area contributed by atoms with Gasteiger partial charge in [0.05, 0.1) is 6.04 Å². The van der Waals surface area contributed by atoms with Crippen molar-refractivity contribution >= 4 is 11.0 Å². The van der Waals surface area contributed by atoms with Crippen molar-refractivity contribution in [1.29, 1.82) is 0 Å². The molecule has 0 N–H and O–H groups in total. The Morgan fingerprint density at radius 1 is 1.24 bits per heavy atom. The van der Waals surface area contributed by atoms with Crippen molar-refractivity contribution in [3.05, 3.63) is 36.1 Å². The van der Waals surface area contributed by atoms with E-state index in [1.807, 2.05) is 44.2 Å². The van der Waals surface area contributed by atoms with Gasteiger partial charge in [-0.1, -0.05) is 32.0 Å². The van der Waals surface area contributed by atoms with Crippen LogP contribution in [0.1, 0.15) is 25.6 Å². The Morgan fingerprint density at radius 2 is 1.94 bits per heavy atom. The highest BCUT2D eigenvalue weighted by Crippen LogP contribution is 2.27. The maximum atomic E-state index is 13.2. The highest BCUT2D eigenvalue weighted by molar-refractivity contribution is 5.77. The SMILES string of the molecule is CCN(CC)C(CF)c1cc2ccccc2o1. The molecule has 2 rings (SSSR count). The normalized spacial score (nSPS) is 13.4. The van der Waals surface area contributed by atoms with Crippen LogP contribution in [0.3, 0.4) is 0 Å². The summed E-state index contributed by atoms with van der Waals surface area (Å²) in [5, 5.41) is 1.04. The van der Waals surface area contributed by atoms with Gasteiger partial charge < -0.3 is 4.42 Å². The van der Waals surface area contributed by atoms with Gasteiger partial charge in [0, 0.05) is 5.39 Å². The molecule has 0 saturated carbocycles. The number of hydrogen-bond donors (Lipinski definition) is 0. The Hall–Kier alpha value is -1.35. The zero-order valence-corrected chi connectivity index (χ0v) is 10.3. The Bertz CT molecular complexity index is 443.